The molecule has 0 aliphatic heterocycles. The van der Waals surface area contributed by atoms with Gasteiger partial charge in [0.25, 0.3) is 0 Å². The maximum atomic E-state index is 11.9. The molecular formula is C12H18N2O5S. The molecule has 0 saturated carbocycles. The molecule has 0 aromatic carbocycles. The predicted molar refractivity (Wildman–Crippen MR) is 73.2 cm³/mol. The van der Waals surface area contributed by atoms with Gasteiger partial charge in [-0.1, -0.05) is 12.2 Å². The minimum absolute atomic E-state index is 0.0858. The Morgan fingerprint density at radius 1 is 1.55 bits per heavy atom. The van der Waals surface area contributed by atoms with E-state index in [9.17, 15) is 13.2 Å². The summed E-state index contributed by atoms with van der Waals surface area (Å²) < 4.78 is 32.6. The molecule has 0 bridgehead atoms. The van der Waals surface area contributed by atoms with E-state index in [0.29, 0.717) is 6.61 Å². The Balaban J connectivity index is 2.63. The lowest BCUT2D eigenvalue weighted by Crippen LogP contribution is -2.27. The second kappa shape index (κ2) is 6.69. The van der Waals surface area contributed by atoms with Crippen LogP contribution in [0.5, 0.6) is 0 Å². The van der Waals surface area contributed by atoms with Gasteiger partial charge < -0.3 is 14.4 Å². The minimum Gasteiger partial charge on any atom is -0.477 e. The van der Waals surface area contributed by atoms with E-state index in [4.69, 9.17) is 9.84 Å². The van der Waals surface area contributed by atoms with E-state index in [1.165, 1.54) is 17.8 Å². The quantitative estimate of drug-likeness (QED) is 0.541. The van der Waals surface area contributed by atoms with Crippen LogP contribution < -0.4 is 4.72 Å². The second-order valence-corrected chi connectivity index (χ2v) is 6.15. The van der Waals surface area contributed by atoms with Gasteiger partial charge in [0, 0.05) is 19.8 Å². The summed E-state index contributed by atoms with van der Waals surface area (Å²) in [6, 6.07) is 1.11. The van der Waals surface area contributed by atoms with Crippen molar-refractivity contribution < 1.29 is 23.1 Å². The first kappa shape index (κ1) is 16.4. The molecule has 0 radical (unpaired) electrons. The van der Waals surface area contributed by atoms with Gasteiger partial charge in [0.1, 0.15) is 10.6 Å². The molecule has 8 heteroatoms. The smallest absolute Gasteiger partial charge is 0.352 e. The fourth-order valence-corrected chi connectivity index (χ4v) is 2.55. The standard InChI is InChI=1S/C12H18N2O5S/c1-9(2)8-19-5-4-13-20(17,18)10-6-11(12(15)16)14(3)7-10/h6-7,13H,1,4-5,8H2,2-3H3,(H,15,16). The van der Waals surface area contributed by atoms with E-state index >= 15 is 0 Å². The summed E-state index contributed by atoms with van der Waals surface area (Å²) in [5, 5.41) is 8.88. The molecule has 1 heterocycles. The van der Waals surface area contributed by atoms with E-state index in [0.717, 1.165) is 11.6 Å². The van der Waals surface area contributed by atoms with Crippen molar-refractivity contribution in [3.63, 3.8) is 0 Å². The predicted octanol–water partition coefficient (Wildman–Crippen LogP) is 0.594. The van der Waals surface area contributed by atoms with Crippen molar-refractivity contribution in [1.29, 1.82) is 0 Å². The molecule has 0 unspecified atom stereocenters. The van der Waals surface area contributed by atoms with E-state index < -0.39 is 16.0 Å². The second-order valence-electron chi connectivity index (χ2n) is 4.38. The third kappa shape index (κ3) is 4.48. The molecule has 7 nitrogen and oxygen atoms in total. The van der Waals surface area contributed by atoms with Crippen LogP contribution in [0.3, 0.4) is 0 Å². The Bertz CT molecular complexity index is 603. The van der Waals surface area contributed by atoms with Crippen molar-refractivity contribution in [3.05, 3.63) is 30.1 Å². The highest BCUT2D eigenvalue weighted by atomic mass is 32.2. The Labute approximate surface area is 117 Å². The highest BCUT2D eigenvalue weighted by Crippen LogP contribution is 2.13. The molecule has 0 fully saturated rings. The number of carboxylic acid groups (broad SMARTS) is 1. The molecule has 0 atom stereocenters. The molecule has 112 valence electrons. The molecule has 1 rings (SSSR count). The lowest BCUT2D eigenvalue weighted by Gasteiger charge is -2.06. The van der Waals surface area contributed by atoms with Gasteiger partial charge in [0.2, 0.25) is 10.0 Å². The fraction of sp³-hybridized carbons (Fsp3) is 0.417. The third-order valence-electron chi connectivity index (χ3n) is 2.40. The van der Waals surface area contributed by atoms with Crippen LogP contribution >= 0.6 is 0 Å². The average Bonchev–Trinajstić information content (AvgIpc) is 2.71. The maximum absolute atomic E-state index is 11.9. The maximum Gasteiger partial charge on any atom is 0.352 e. The van der Waals surface area contributed by atoms with E-state index in [1.807, 2.05) is 6.92 Å². The molecule has 0 aliphatic rings. The van der Waals surface area contributed by atoms with Gasteiger partial charge >= 0.3 is 5.97 Å². The van der Waals surface area contributed by atoms with E-state index in [2.05, 4.69) is 11.3 Å². The Morgan fingerprint density at radius 2 is 2.20 bits per heavy atom. The highest BCUT2D eigenvalue weighted by Gasteiger charge is 2.19. The average molecular weight is 302 g/mol. The highest BCUT2D eigenvalue weighted by molar-refractivity contribution is 7.89. The number of aromatic nitrogens is 1. The van der Waals surface area contributed by atoms with Crippen LogP contribution in [0, 0.1) is 0 Å². The summed E-state index contributed by atoms with van der Waals surface area (Å²) in [7, 11) is -2.26. The van der Waals surface area contributed by atoms with Crippen molar-refractivity contribution in [2.75, 3.05) is 19.8 Å². The molecule has 2 N–H and O–H groups in total. The largest absolute Gasteiger partial charge is 0.477 e. The zero-order valence-electron chi connectivity index (χ0n) is 11.4. The van der Waals surface area contributed by atoms with E-state index in [-0.39, 0.29) is 23.7 Å². The topological polar surface area (TPSA) is 97.6 Å². The summed E-state index contributed by atoms with van der Waals surface area (Å²) in [6.45, 7) is 6.15. The van der Waals surface area contributed by atoms with Gasteiger partial charge in [0.15, 0.2) is 0 Å². The van der Waals surface area contributed by atoms with Crippen LogP contribution in [0.15, 0.2) is 29.3 Å². The van der Waals surface area contributed by atoms with Crippen molar-refractivity contribution >= 4 is 16.0 Å². The number of aromatic carboxylic acids is 1. The molecule has 20 heavy (non-hydrogen) atoms. The number of rotatable bonds is 8. The number of hydrogen-bond acceptors (Lipinski definition) is 4. The first-order valence-corrected chi connectivity index (χ1v) is 7.34. The normalized spacial score (nSPS) is 11.5. The number of nitrogens with one attached hydrogen (secondary N) is 1. The van der Waals surface area contributed by atoms with Crippen LogP contribution in [0.1, 0.15) is 17.4 Å². The molecule has 1 aromatic rings. The number of aryl methyl sites for hydroxylation is 1. The third-order valence-corrected chi connectivity index (χ3v) is 3.82. The van der Waals surface area contributed by atoms with E-state index in [1.54, 1.807) is 0 Å². The Hall–Kier alpha value is -1.64. The summed E-state index contributed by atoms with van der Waals surface area (Å²) in [4.78, 5) is 10.8. The Kier molecular flexibility index (Phi) is 5.49. The number of hydrogen-bond donors (Lipinski definition) is 2. The Morgan fingerprint density at radius 3 is 2.70 bits per heavy atom. The van der Waals surface area contributed by atoms with Crippen molar-refractivity contribution in [3.8, 4) is 0 Å². The van der Waals surface area contributed by atoms with Crippen LogP contribution in [-0.2, 0) is 21.8 Å². The number of ether oxygens (including phenoxy) is 1. The number of carbonyl (C=O) groups is 1. The van der Waals surface area contributed by atoms with Gasteiger partial charge in [-0.25, -0.2) is 17.9 Å². The molecule has 1 aromatic heterocycles. The summed E-state index contributed by atoms with van der Waals surface area (Å²) >= 11 is 0. The van der Waals surface area contributed by atoms with Crippen molar-refractivity contribution in [2.45, 2.75) is 11.8 Å². The fourth-order valence-electron chi connectivity index (χ4n) is 1.47. The lowest BCUT2D eigenvalue weighted by atomic mass is 10.4. The van der Waals surface area contributed by atoms with Crippen LogP contribution in [-0.4, -0.2) is 43.8 Å². The van der Waals surface area contributed by atoms with Crippen LogP contribution in [0.4, 0.5) is 0 Å². The zero-order valence-corrected chi connectivity index (χ0v) is 12.2. The van der Waals surface area contributed by atoms with Crippen LogP contribution in [0.25, 0.3) is 0 Å². The number of carboxylic acids is 1. The molecule has 0 spiro atoms. The molecule has 0 saturated heterocycles. The van der Waals surface area contributed by atoms with Gasteiger partial charge in [-0.15, -0.1) is 0 Å². The first-order chi connectivity index (χ1) is 9.24. The first-order valence-electron chi connectivity index (χ1n) is 5.85. The summed E-state index contributed by atoms with van der Waals surface area (Å²) in [6.07, 6.45) is 1.25. The molecular weight excluding hydrogens is 284 g/mol. The van der Waals surface area contributed by atoms with Gasteiger partial charge in [0.05, 0.1) is 13.2 Å². The molecule has 0 amide bonds. The minimum atomic E-state index is -3.73. The summed E-state index contributed by atoms with van der Waals surface area (Å²) in [5.41, 5.74) is 0.755. The van der Waals surface area contributed by atoms with Gasteiger partial charge in [-0.3, -0.25) is 0 Å². The van der Waals surface area contributed by atoms with Crippen molar-refractivity contribution in [2.24, 2.45) is 7.05 Å². The van der Waals surface area contributed by atoms with Crippen molar-refractivity contribution in [1.82, 2.24) is 9.29 Å². The van der Waals surface area contributed by atoms with Gasteiger partial charge in [-0.05, 0) is 13.0 Å². The van der Waals surface area contributed by atoms with Crippen LogP contribution in [0.2, 0.25) is 0 Å². The SMILES string of the molecule is C=C(C)COCCNS(=O)(=O)c1cc(C(=O)O)n(C)c1. The monoisotopic (exact) mass is 302 g/mol. The lowest BCUT2D eigenvalue weighted by molar-refractivity contribution is 0.0686. The molecule has 0 aliphatic carbocycles. The van der Waals surface area contributed by atoms with Gasteiger partial charge in [-0.2, -0.15) is 0 Å². The zero-order chi connectivity index (χ0) is 15.3. The number of sulfonamides is 1. The number of nitrogens with zero attached hydrogens (tertiary/aromatic N) is 1. The summed E-state index contributed by atoms with van der Waals surface area (Å²) in [5.74, 6) is -1.18.